The van der Waals surface area contributed by atoms with Gasteiger partial charge >= 0.3 is 0 Å². The number of rotatable bonds is 3. The molecule has 1 aliphatic rings. The van der Waals surface area contributed by atoms with E-state index in [0.29, 0.717) is 0 Å². The molecule has 1 nitrogen and oxygen atoms in total. The average Bonchev–Trinajstić information content (AvgIpc) is 2.06. The van der Waals surface area contributed by atoms with E-state index in [4.69, 9.17) is 0 Å². The molecule has 0 aliphatic carbocycles. The SMILES string of the molecule is C=C(CC)CC1CCCCN1. The molecule has 0 bridgehead atoms. The predicted octanol–water partition coefficient (Wildman–Crippen LogP) is 2.48. The highest BCUT2D eigenvalue weighted by Gasteiger charge is 2.12. The Labute approximate surface area is 69.9 Å². The summed E-state index contributed by atoms with van der Waals surface area (Å²) in [4.78, 5) is 0. The first-order valence-electron chi connectivity index (χ1n) is 4.73. The fourth-order valence-corrected chi connectivity index (χ4v) is 1.59. The third kappa shape index (κ3) is 3.06. The number of piperidine rings is 1. The van der Waals surface area contributed by atoms with Gasteiger partial charge in [0.25, 0.3) is 0 Å². The van der Waals surface area contributed by atoms with Gasteiger partial charge in [-0.3, -0.25) is 0 Å². The van der Waals surface area contributed by atoms with E-state index in [1.165, 1.54) is 37.8 Å². The lowest BCUT2D eigenvalue weighted by Crippen LogP contribution is -2.34. The van der Waals surface area contributed by atoms with Crippen LogP contribution in [0.15, 0.2) is 12.2 Å². The fraction of sp³-hybridized carbons (Fsp3) is 0.800. The monoisotopic (exact) mass is 153 g/mol. The maximum atomic E-state index is 4.03. The van der Waals surface area contributed by atoms with Gasteiger partial charge in [-0.15, -0.1) is 0 Å². The molecule has 0 aromatic carbocycles. The van der Waals surface area contributed by atoms with Gasteiger partial charge in [0.1, 0.15) is 0 Å². The van der Waals surface area contributed by atoms with Crippen LogP contribution in [0.5, 0.6) is 0 Å². The van der Waals surface area contributed by atoms with Crippen LogP contribution in [-0.2, 0) is 0 Å². The van der Waals surface area contributed by atoms with Gasteiger partial charge in [-0.25, -0.2) is 0 Å². The molecule has 0 aromatic rings. The van der Waals surface area contributed by atoms with Crippen LogP contribution in [-0.4, -0.2) is 12.6 Å². The normalized spacial score (nSPS) is 25.0. The van der Waals surface area contributed by atoms with Crippen LogP contribution in [0, 0.1) is 0 Å². The van der Waals surface area contributed by atoms with Crippen LogP contribution in [0.25, 0.3) is 0 Å². The van der Waals surface area contributed by atoms with Crippen LogP contribution < -0.4 is 5.32 Å². The first kappa shape index (κ1) is 8.79. The van der Waals surface area contributed by atoms with Crippen molar-refractivity contribution >= 4 is 0 Å². The van der Waals surface area contributed by atoms with Crippen molar-refractivity contribution in [3.63, 3.8) is 0 Å². The second-order valence-corrected chi connectivity index (χ2v) is 3.45. The largest absolute Gasteiger partial charge is 0.314 e. The van der Waals surface area contributed by atoms with E-state index >= 15 is 0 Å². The van der Waals surface area contributed by atoms with Crippen LogP contribution in [0.4, 0.5) is 0 Å². The van der Waals surface area contributed by atoms with Gasteiger partial charge in [-0.1, -0.05) is 25.5 Å². The van der Waals surface area contributed by atoms with E-state index < -0.39 is 0 Å². The highest BCUT2D eigenvalue weighted by Crippen LogP contribution is 2.15. The maximum Gasteiger partial charge on any atom is 0.0104 e. The number of nitrogens with one attached hydrogen (secondary N) is 1. The Balaban J connectivity index is 2.19. The van der Waals surface area contributed by atoms with Crippen molar-refractivity contribution in [3.8, 4) is 0 Å². The van der Waals surface area contributed by atoms with Crippen molar-refractivity contribution in [2.45, 2.75) is 45.1 Å². The second kappa shape index (κ2) is 4.55. The zero-order valence-corrected chi connectivity index (χ0v) is 7.53. The Kier molecular flexibility index (Phi) is 3.64. The molecule has 1 heteroatoms. The molecule has 1 fully saturated rings. The summed E-state index contributed by atoms with van der Waals surface area (Å²) in [6, 6.07) is 0.733. The van der Waals surface area contributed by atoms with Gasteiger partial charge in [0.15, 0.2) is 0 Å². The Morgan fingerprint density at radius 2 is 2.36 bits per heavy atom. The quantitative estimate of drug-likeness (QED) is 0.614. The Morgan fingerprint density at radius 3 is 2.91 bits per heavy atom. The van der Waals surface area contributed by atoms with Crippen molar-refractivity contribution in [1.29, 1.82) is 0 Å². The molecule has 1 heterocycles. The van der Waals surface area contributed by atoms with Gasteiger partial charge < -0.3 is 5.32 Å². The topological polar surface area (TPSA) is 12.0 Å². The smallest absolute Gasteiger partial charge is 0.0104 e. The molecule has 0 aromatic heterocycles. The lowest BCUT2D eigenvalue weighted by molar-refractivity contribution is 0.397. The molecular formula is C10H19N. The fourth-order valence-electron chi connectivity index (χ4n) is 1.59. The minimum Gasteiger partial charge on any atom is -0.314 e. The molecular weight excluding hydrogens is 134 g/mol. The second-order valence-electron chi connectivity index (χ2n) is 3.45. The van der Waals surface area contributed by atoms with E-state index in [1.807, 2.05) is 0 Å². The number of hydrogen-bond donors (Lipinski definition) is 1. The van der Waals surface area contributed by atoms with Crippen LogP contribution in [0.3, 0.4) is 0 Å². The molecule has 11 heavy (non-hydrogen) atoms. The van der Waals surface area contributed by atoms with E-state index in [0.717, 1.165) is 12.5 Å². The van der Waals surface area contributed by atoms with Crippen molar-refractivity contribution in [3.05, 3.63) is 12.2 Å². The molecule has 0 radical (unpaired) electrons. The first-order valence-corrected chi connectivity index (χ1v) is 4.73. The van der Waals surface area contributed by atoms with E-state index in [1.54, 1.807) is 0 Å². The number of hydrogen-bond acceptors (Lipinski definition) is 1. The lowest BCUT2D eigenvalue weighted by atomic mass is 9.97. The minimum absolute atomic E-state index is 0.733. The summed E-state index contributed by atoms with van der Waals surface area (Å²) in [7, 11) is 0. The summed E-state index contributed by atoms with van der Waals surface area (Å²) in [5.41, 5.74) is 1.39. The van der Waals surface area contributed by atoms with Crippen molar-refractivity contribution in [2.24, 2.45) is 0 Å². The summed E-state index contributed by atoms with van der Waals surface area (Å²) in [6.07, 6.45) is 6.43. The highest BCUT2D eigenvalue weighted by molar-refractivity contribution is 4.97. The Hall–Kier alpha value is -0.300. The predicted molar refractivity (Wildman–Crippen MR) is 49.7 cm³/mol. The van der Waals surface area contributed by atoms with Crippen molar-refractivity contribution < 1.29 is 0 Å². The van der Waals surface area contributed by atoms with Gasteiger partial charge in [0.2, 0.25) is 0 Å². The molecule has 1 rings (SSSR count). The van der Waals surface area contributed by atoms with Gasteiger partial charge in [-0.05, 0) is 32.2 Å². The van der Waals surface area contributed by atoms with E-state index in [-0.39, 0.29) is 0 Å². The Bertz CT molecular complexity index is 123. The lowest BCUT2D eigenvalue weighted by Gasteiger charge is -2.23. The third-order valence-electron chi connectivity index (χ3n) is 2.45. The molecule has 1 aliphatic heterocycles. The summed E-state index contributed by atoms with van der Waals surface area (Å²) < 4.78 is 0. The van der Waals surface area contributed by atoms with Crippen LogP contribution in [0.1, 0.15) is 39.0 Å². The average molecular weight is 153 g/mol. The molecule has 0 amide bonds. The maximum absolute atomic E-state index is 4.03. The standard InChI is InChI=1S/C10H19N/c1-3-9(2)8-10-6-4-5-7-11-10/h10-11H,2-8H2,1H3. The van der Waals surface area contributed by atoms with Crippen LogP contribution in [0.2, 0.25) is 0 Å². The van der Waals surface area contributed by atoms with Crippen molar-refractivity contribution in [1.82, 2.24) is 5.32 Å². The molecule has 1 N–H and O–H groups in total. The molecule has 64 valence electrons. The molecule has 0 saturated carbocycles. The zero-order valence-electron chi connectivity index (χ0n) is 7.53. The van der Waals surface area contributed by atoms with Gasteiger partial charge in [-0.2, -0.15) is 0 Å². The Morgan fingerprint density at radius 1 is 1.55 bits per heavy atom. The highest BCUT2D eigenvalue weighted by atomic mass is 14.9. The molecule has 0 spiro atoms. The summed E-state index contributed by atoms with van der Waals surface area (Å²) >= 11 is 0. The summed E-state index contributed by atoms with van der Waals surface area (Å²) in [5, 5.41) is 3.52. The minimum atomic E-state index is 0.733. The first-order chi connectivity index (χ1) is 5.33. The van der Waals surface area contributed by atoms with Crippen LogP contribution >= 0.6 is 0 Å². The summed E-state index contributed by atoms with van der Waals surface area (Å²) in [5.74, 6) is 0. The third-order valence-corrected chi connectivity index (χ3v) is 2.45. The van der Waals surface area contributed by atoms with Gasteiger partial charge in [0.05, 0.1) is 0 Å². The molecule has 1 atom stereocenters. The van der Waals surface area contributed by atoms with Crippen molar-refractivity contribution in [2.75, 3.05) is 6.54 Å². The molecule has 1 unspecified atom stereocenters. The zero-order chi connectivity index (χ0) is 8.10. The van der Waals surface area contributed by atoms with E-state index in [9.17, 15) is 0 Å². The summed E-state index contributed by atoms with van der Waals surface area (Å²) in [6.45, 7) is 7.42. The van der Waals surface area contributed by atoms with Gasteiger partial charge in [0, 0.05) is 6.04 Å². The van der Waals surface area contributed by atoms with E-state index in [2.05, 4.69) is 18.8 Å². The molecule has 1 saturated heterocycles.